The molecule has 0 saturated heterocycles. The number of nitrogens with zero attached hydrogens (tertiary/aromatic N) is 2. The van der Waals surface area contributed by atoms with E-state index in [4.69, 9.17) is 0 Å². The molecule has 1 aromatic carbocycles. The van der Waals surface area contributed by atoms with Crippen LogP contribution < -0.4 is 0 Å². The highest BCUT2D eigenvalue weighted by molar-refractivity contribution is 5.84. The van der Waals surface area contributed by atoms with Gasteiger partial charge in [0.2, 0.25) is 0 Å². The Balaban J connectivity index is 1.37. The fraction of sp³-hybridized carbons (Fsp3) is 0.556. The second-order valence-corrected chi connectivity index (χ2v) is 10.9. The van der Waals surface area contributed by atoms with E-state index in [1.165, 1.54) is 5.57 Å². The molecule has 2 saturated carbocycles. The van der Waals surface area contributed by atoms with E-state index in [9.17, 15) is 10.2 Å². The minimum absolute atomic E-state index is 0.0415. The molecule has 4 nitrogen and oxygen atoms in total. The molecule has 4 aliphatic carbocycles. The second kappa shape index (κ2) is 6.94. The number of aromatic nitrogens is 2. The molecular weight excluding hydrogens is 403 g/mol. The number of rotatable bonds is 1. The van der Waals surface area contributed by atoms with E-state index >= 15 is 4.39 Å². The zero-order valence-electron chi connectivity index (χ0n) is 18.6. The fourth-order valence-corrected chi connectivity index (χ4v) is 7.42. The van der Waals surface area contributed by atoms with Crippen molar-refractivity contribution in [3.8, 4) is 0 Å². The highest BCUT2D eigenvalue weighted by atomic mass is 19.1. The van der Waals surface area contributed by atoms with Gasteiger partial charge in [-0.05, 0) is 67.2 Å². The Kier molecular flexibility index (Phi) is 4.45. The van der Waals surface area contributed by atoms with Gasteiger partial charge in [0.15, 0.2) is 0 Å². The summed E-state index contributed by atoms with van der Waals surface area (Å²) in [4.78, 5) is 8.54. The van der Waals surface area contributed by atoms with Crippen LogP contribution in [0.1, 0.15) is 63.9 Å². The average molecular weight is 435 g/mol. The van der Waals surface area contributed by atoms with Gasteiger partial charge in [0.05, 0.1) is 17.2 Å². The zero-order valence-corrected chi connectivity index (χ0v) is 18.6. The molecule has 0 amide bonds. The minimum Gasteiger partial charge on any atom is -0.393 e. The number of allylic oxidation sites excluding steroid dienone is 3. The highest BCUT2D eigenvalue weighted by Crippen LogP contribution is 2.63. The van der Waals surface area contributed by atoms with Crippen LogP contribution >= 0.6 is 0 Å². The van der Waals surface area contributed by atoms with E-state index in [0.29, 0.717) is 25.7 Å². The molecule has 32 heavy (non-hydrogen) atoms. The number of fused-ring (bicyclic) bond motifs is 5. The first-order valence-electron chi connectivity index (χ1n) is 12.0. The lowest BCUT2D eigenvalue weighted by Gasteiger charge is -2.49. The van der Waals surface area contributed by atoms with Crippen LogP contribution in [0.5, 0.6) is 0 Å². The summed E-state index contributed by atoms with van der Waals surface area (Å²) in [7, 11) is 0. The van der Waals surface area contributed by atoms with Gasteiger partial charge in [-0.1, -0.05) is 31.2 Å². The smallest absolute Gasteiger partial charge is 0.120 e. The summed E-state index contributed by atoms with van der Waals surface area (Å²) < 4.78 is 16.1. The van der Waals surface area contributed by atoms with Crippen molar-refractivity contribution in [2.45, 2.75) is 75.7 Å². The lowest BCUT2D eigenvalue weighted by atomic mass is 9.58. The molecule has 168 valence electrons. The largest absolute Gasteiger partial charge is 0.393 e. The van der Waals surface area contributed by atoms with E-state index in [1.54, 1.807) is 6.33 Å². The second-order valence-electron chi connectivity index (χ2n) is 10.9. The molecule has 1 aromatic heterocycles. The molecule has 2 N–H and O–H groups in total. The van der Waals surface area contributed by atoms with Crippen molar-refractivity contribution in [1.82, 2.24) is 9.97 Å². The predicted molar refractivity (Wildman–Crippen MR) is 122 cm³/mol. The maximum Gasteiger partial charge on any atom is 0.120 e. The summed E-state index contributed by atoms with van der Waals surface area (Å²) in [6, 6.07) is 6.32. The zero-order chi connectivity index (χ0) is 22.1. The molecule has 4 aliphatic rings. The van der Waals surface area contributed by atoms with Crippen LogP contribution in [0.4, 0.5) is 4.39 Å². The monoisotopic (exact) mass is 434 g/mol. The Morgan fingerprint density at radius 2 is 2.03 bits per heavy atom. The number of aliphatic hydroxyl groups is 2. The predicted octanol–water partition coefficient (Wildman–Crippen LogP) is 5.15. The van der Waals surface area contributed by atoms with E-state index < -0.39 is 17.4 Å². The first-order chi connectivity index (χ1) is 15.3. The molecular formula is C27H31FN2O2. The van der Waals surface area contributed by atoms with E-state index in [2.05, 4.69) is 47.2 Å². The third-order valence-corrected chi connectivity index (χ3v) is 9.18. The SMILES string of the molecule is CC12CC=C3CC4(F)CC(O)CCC4CC[C@]3(O)C1CC=C2c1ccc2cncnc2c1. The highest BCUT2D eigenvalue weighted by Gasteiger charge is 2.59. The number of halogens is 1. The Hall–Kier alpha value is -2.11. The van der Waals surface area contributed by atoms with Crippen LogP contribution in [-0.2, 0) is 0 Å². The first-order valence-corrected chi connectivity index (χ1v) is 12.0. The van der Waals surface area contributed by atoms with E-state index in [-0.39, 0.29) is 30.1 Å². The van der Waals surface area contributed by atoms with E-state index in [0.717, 1.165) is 34.9 Å². The van der Waals surface area contributed by atoms with Gasteiger partial charge in [-0.2, -0.15) is 0 Å². The van der Waals surface area contributed by atoms with Crippen molar-refractivity contribution >= 4 is 16.5 Å². The fourth-order valence-electron chi connectivity index (χ4n) is 7.42. The Morgan fingerprint density at radius 1 is 1.16 bits per heavy atom. The molecule has 0 radical (unpaired) electrons. The van der Waals surface area contributed by atoms with Crippen molar-refractivity contribution in [1.29, 1.82) is 0 Å². The summed E-state index contributed by atoms with van der Waals surface area (Å²) in [5, 5.41) is 23.3. The maximum atomic E-state index is 16.1. The van der Waals surface area contributed by atoms with Gasteiger partial charge >= 0.3 is 0 Å². The third-order valence-electron chi connectivity index (χ3n) is 9.18. The van der Waals surface area contributed by atoms with Crippen LogP contribution in [0.15, 0.2) is 48.4 Å². The van der Waals surface area contributed by atoms with Crippen LogP contribution in [0, 0.1) is 17.3 Å². The van der Waals surface area contributed by atoms with Gasteiger partial charge in [-0.15, -0.1) is 0 Å². The maximum absolute atomic E-state index is 16.1. The van der Waals surface area contributed by atoms with Crippen LogP contribution in [0.2, 0.25) is 0 Å². The molecule has 0 aliphatic heterocycles. The van der Waals surface area contributed by atoms with Crippen molar-refractivity contribution in [3.05, 3.63) is 54.0 Å². The quantitative estimate of drug-likeness (QED) is 0.609. The van der Waals surface area contributed by atoms with Crippen molar-refractivity contribution in [2.75, 3.05) is 0 Å². The average Bonchev–Trinajstić information content (AvgIpc) is 3.08. The molecule has 2 fully saturated rings. The summed E-state index contributed by atoms with van der Waals surface area (Å²) in [6.45, 7) is 2.26. The van der Waals surface area contributed by atoms with Gasteiger partial charge in [0, 0.05) is 35.8 Å². The summed E-state index contributed by atoms with van der Waals surface area (Å²) in [5.74, 6) is -0.0264. The third kappa shape index (κ3) is 2.87. The van der Waals surface area contributed by atoms with Gasteiger partial charge in [0.1, 0.15) is 12.0 Å². The first kappa shape index (κ1) is 20.5. The topological polar surface area (TPSA) is 66.2 Å². The summed E-state index contributed by atoms with van der Waals surface area (Å²) in [5.41, 5.74) is 1.64. The molecule has 6 rings (SSSR count). The minimum atomic E-state index is -1.39. The number of alkyl halides is 1. The standard InChI is InChI=1S/C27H31FN2O2/c1-25-10-8-20-13-26(28)14-21(31)5-4-19(26)9-11-27(20,32)24(25)7-6-22(25)17-2-3-18-15-29-16-30-23(18)12-17/h2-3,6,8,12,15-16,19,21,24,31-32H,4-5,7,9-11,13-14H2,1H3/t19?,21?,24?,25?,26?,27-/m1/s1. The van der Waals surface area contributed by atoms with E-state index in [1.807, 2.05) is 6.20 Å². The molecule has 5 unspecified atom stereocenters. The van der Waals surface area contributed by atoms with Crippen LogP contribution in [0.3, 0.4) is 0 Å². The lowest BCUT2D eigenvalue weighted by molar-refractivity contribution is -0.0359. The molecule has 1 heterocycles. The van der Waals surface area contributed by atoms with Gasteiger partial charge in [-0.3, -0.25) is 0 Å². The lowest BCUT2D eigenvalue weighted by Crippen LogP contribution is -2.49. The Bertz CT molecular complexity index is 1150. The summed E-state index contributed by atoms with van der Waals surface area (Å²) in [6.07, 6.45) is 12.0. The number of hydrogen-bond acceptors (Lipinski definition) is 4. The number of aliphatic hydroxyl groups excluding tert-OH is 1. The normalized spacial score (nSPS) is 41.2. The van der Waals surface area contributed by atoms with Gasteiger partial charge in [0.25, 0.3) is 0 Å². The molecule has 5 heteroatoms. The molecule has 2 aromatic rings. The number of benzene rings is 1. The molecule has 0 bridgehead atoms. The number of hydrogen-bond donors (Lipinski definition) is 2. The Labute approximate surface area is 188 Å². The van der Waals surface area contributed by atoms with Gasteiger partial charge < -0.3 is 10.2 Å². The molecule has 6 atom stereocenters. The van der Waals surface area contributed by atoms with Crippen molar-refractivity contribution in [3.63, 3.8) is 0 Å². The van der Waals surface area contributed by atoms with Crippen molar-refractivity contribution in [2.24, 2.45) is 17.3 Å². The molecule has 0 spiro atoms. The van der Waals surface area contributed by atoms with Crippen molar-refractivity contribution < 1.29 is 14.6 Å². The van der Waals surface area contributed by atoms with Crippen LogP contribution in [0.25, 0.3) is 16.5 Å². The Morgan fingerprint density at radius 3 is 2.91 bits per heavy atom. The summed E-state index contributed by atoms with van der Waals surface area (Å²) >= 11 is 0. The van der Waals surface area contributed by atoms with Crippen LogP contribution in [-0.4, -0.2) is 37.6 Å². The van der Waals surface area contributed by atoms with Gasteiger partial charge in [-0.25, -0.2) is 14.4 Å².